The van der Waals surface area contributed by atoms with Crippen molar-refractivity contribution in [2.45, 2.75) is 25.8 Å². The monoisotopic (exact) mass is 412 g/mol. The Balaban J connectivity index is 1.18. The molecule has 3 aromatic heterocycles. The van der Waals surface area contributed by atoms with Gasteiger partial charge in [-0.1, -0.05) is 24.3 Å². The van der Waals surface area contributed by atoms with E-state index in [-0.39, 0.29) is 0 Å². The predicted molar refractivity (Wildman–Crippen MR) is 118 cm³/mol. The van der Waals surface area contributed by atoms with Crippen molar-refractivity contribution in [2.24, 2.45) is 11.8 Å². The number of H-pyrrole nitrogens is 1. The number of aromatic nitrogens is 5. The van der Waals surface area contributed by atoms with E-state index in [0.29, 0.717) is 17.7 Å². The maximum Gasteiger partial charge on any atom is 0.225 e. The van der Waals surface area contributed by atoms with Crippen molar-refractivity contribution in [3.8, 4) is 22.5 Å². The third-order valence-corrected chi connectivity index (χ3v) is 6.47. The first-order chi connectivity index (χ1) is 15.2. The molecule has 0 radical (unpaired) electrons. The lowest BCUT2D eigenvalue weighted by atomic mass is 10.0. The molecule has 156 valence electrons. The second kappa shape index (κ2) is 7.34. The molecule has 1 amide bonds. The average molecular weight is 412 g/mol. The number of pyridine rings is 1. The fraction of sp³-hybridized carbons (Fsp3) is 0.333. The summed E-state index contributed by atoms with van der Waals surface area (Å²) in [5.41, 5.74) is 5.24. The molecule has 0 spiro atoms. The third kappa shape index (κ3) is 3.50. The highest BCUT2D eigenvalue weighted by molar-refractivity contribution is 5.81. The number of nitrogens with zero attached hydrogens (tertiary/aromatic N) is 5. The Hall–Kier alpha value is -3.48. The van der Waals surface area contributed by atoms with E-state index in [2.05, 4.69) is 60.0 Å². The molecule has 1 atom stereocenters. The summed E-state index contributed by atoms with van der Waals surface area (Å²) in [6.07, 6.45) is 8.80. The molecule has 1 N–H and O–H groups in total. The first-order valence-electron chi connectivity index (χ1n) is 10.9. The number of amides is 1. The molecular formula is C24H24N6O. The smallest absolute Gasteiger partial charge is 0.225 e. The number of carbonyl (C=O) groups excluding carboxylic acids is 1. The van der Waals surface area contributed by atoms with Crippen molar-refractivity contribution in [1.82, 2.24) is 29.6 Å². The lowest BCUT2D eigenvalue weighted by Crippen LogP contribution is -2.30. The van der Waals surface area contributed by atoms with E-state index in [1.54, 1.807) is 6.33 Å². The summed E-state index contributed by atoms with van der Waals surface area (Å²) in [6, 6.07) is 12.5. The number of nitrogens with one attached hydrogen (secondary N) is 1. The van der Waals surface area contributed by atoms with Crippen LogP contribution in [-0.2, 0) is 11.3 Å². The summed E-state index contributed by atoms with van der Waals surface area (Å²) in [5, 5.41) is 8.53. The van der Waals surface area contributed by atoms with Gasteiger partial charge in [0.15, 0.2) is 5.82 Å². The normalized spacial score (nSPS) is 18.7. The van der Waals surface area contributed by atoms with Crippen molar-refractivity contribution in [3.63, 3.8) is 0 Å². The molecule has 1 aromatic carbocycles. The molecule has 1 saturated heterocycles. The van der Waals surface area contributed by atoms with Crippen LogP contribution in [-0.4, -0.2) is 48.6 Å². The second-order valence-electron chi connectivity index (χ2n) is 8.73. The van der Waals surface area contributed by atoms with E-state index in [1.165, 1.54) is 0 Å². The van der Waals surface area contributed by atoms with Crippen LogP contribution in [0.25, 0.3) is 33.5 Å². The minimum Gasteiger partial charge on any atom is -0.360 e. The van der Waals surface area contributed by atoms with E-state index >= 15 is 0 Å². The molecule has 2 aliphatic rings. The second-order valence-corrected chi connectivity index (χ2v) is 8.73. The summed E-state index contributed by atoms with van der Waals surface area (Å²) in [5.74, 6) is 1.98. The molecule has 7 nitrogen and oxygen atoms in total. The van der Waals surface area contributed by atoms with E-state index in [9.17, 15) is 4.79 Å². The number of hydrogen-bond donors (Lipinski definition) is 1. The number of aromatic amines is 1. The molecule has 1 unspecified atom stereocenters. The minimum absolute atomic E-state index is 0.302. The molecule has 1 saturated carbocycles. The van der Waals surface area contributed by atoms with Crippen LogP contribution in [0.15, 0.2) is 55.1 Å². The van der Waals surface area contributed by atoms with Gasteiger partial charge in [-0.2, -0.15) is 0 Å². The summed E-state index contributed by atoms with van der Waals surface area (Å²) < 4.78 is 2.12. The number of hydrogen-bond acceptors (Lipinski definition) is 4. The number of rotatable bonds is 5. The third-order valence-electron chi connectivity index (χ3n) is 6.47. The minimum atomic E-state index is 0.302. The zero-order chi connectivity index (χ0) is 20.8. The first kappa shape index (κ1) is 18.3. The van der Waals surface area contributed by atoms with Gasteiger partial charge in [-0.25, -0.2) is 0 Å². The van der Waals surface area contributed by atoms with Crippen LogP contribution in [0.1, 0.15) is 19.3 Å². The zero-order valence-corrected chi connectivity index (χ0v) is 17.2. The average Bonchev–Trinajstić information content (AvgIpc) is 3.17. The Kier molecular flexibility index (Phi) is 4.33. The summed E-state index contributed by atoms with van der Waals surface area (Å²) in [7, 11) is 0. The molecule has 2 fully saturated rings. The van der Waals surface area contributed by atoms with E-state index < -0.39 is 0 Å². The number of likely N-dealkylation sites (tertiary alicyclic amines) is 1. The lowest BCUT2D eigenvalue weighted by molar-refractivity contribution is -0.131. The van der Waals surface area contributed by atoms with Crippen LogP contribution in [0.3, 0.4) is 0 Å². The highest BCUT2D eigenvalue weighted by atomic mass is 16.2. The zero-order valence-electron chi connectivity index (χ0n) is 17.2. The van der Waals surface area contributed by atoms with E-state index in [0.717, 1.165) is 72.4 Å². The van der Waals surface area contributed by atoms with Crippen molar-refractivity contribution in [3.05, 3.63) is 55.1 Å². The molecule has 6 rings (SSSR count). The van der Waals surface area contributed by atoms with Crippen molar-refractivity contribution in [1.29, 1.82) is 0 Å². The fourth-order valence-corrected chi connectivity index (χ4v) is 4.56. The van der Waals surface area contributed by atoms with Crippen molar-refractivity contribution < 1.29 is 4.79 Å². The molecular weight excluding hydrogens is 388 g/mol. The Morgan fingerprint density at radius 3 is 2.74 bits per heavy atom. The van der Waals surface area contributed by atoms with Crippen molar-refractivity contribution in [2.75, 3.05) is 13.1 Å². The maximum atomic E-state index is 12.3. The predicted octanol–water partition coefficient (Wildman–Crippen LogP) is 3.75. The SMILES string of the molecule is O=C(C1CC1)N1CCC(Cn2cnnc2-c2ccc(-c3cnc4cc[nH]c4c3)cc2)C1. The van der Waals surface area contributed by atoms with E-state index in [1.807, 2.05) is 18.5 Å². The number of fused-ring (bicyclic) bond motifs is 1. The van der Waals surface area contributed by atoms with Crippen LogP contribution in [0.2, 0.25) is 0 Å². The number of benzene rings is 1. The van der Waals surface area contributed by atoms with Gasteiger partial charge in [0.05, 0.1) is 11.0 Å². The fourth-order valence-electron chi connectivity index (χ4n) is 4.56. The highest BCUT2D eigenvalue weighted by Gasteiger charge is 2.36. The maximum absolute atomic E-state index is 12.3. The van der Waals surface area contributed by atoms with Crippen LogP contribution < -0.4 is 0 Å². The molecule has 0 bridgehead atoms. The van der Waals surface area contributed by atoms with Gasteiger partial charge >= 0.3 is 0 Å². The van der Waals surface area contributed by atoms with Gasteiger partial charge in [-0.05, 0) is 42.9 Å². The topological polar surface area (TPSA) is 79.7 Å². The lowest BCUT2D eigenvalue weighted by Gasteiger charge is -2.17. The Morgan fingerprint density at radius 1 is 1.06 bits per heavy atom. The molecule has 31 heavy (non-hydrogen) atoms. The quantitative estimate of drug-likeness (QED) is 0.541. The van der Waals surface area contributed by atoms with Gasteiger partial charge in [0.2, 0.25) is 5.91 Å². The summed E-state index contributed by atoms with van der Waals surface area (Å²) in [4.78, 5) is 22.1. The largest absolute Gasteiger partial charge is 0.360 e. The van der Waals surface area contributed by atoms with Crippen LogP contribution in [0.5, 0.6) is 0 Å². The molecule has 7 heteroatoms. The van der Waals surface area contributed by atoms with Gasteiger partial charge in [0.25, 0.3) is 0 Å². The van der Waals surface area contributed by atoms with Crippen LogP contribution in [0.4, 0.5) is 0 Å². The van der Waals surface area contributed by atoms with Crippen LogP contribution in [0, 0.1) is 11.8 Å². The molecule has 4 aromatic rings. The molecule has 1 aliphatic carbocycles. The van der Waals surface area contributed by atoms with Gasteiger partial charge in [0, 0.05) is 49.1 Å². The highest BCUT2D eigenvalue weighted by Crippen LogP contribution is 2.33. The van der Waals surface area contributed by atoms with Gasteiger partial charge in [-0.3, -0.25) is 9.78 Å². The number of carbonyl (C=O) groups is 1. The van der Waals surface area contributed by atoms with Gasteiger partial charge < -0.3 is 14.5 Å². The van der Waals surface area contributed by atoms with E-state index in [4.69, 9.17) is 0 Å². The Bertz CT molecular complexity index is 1240. The molecule has 1 aliphatic heterocycles. The van der Waals surface area contributed by atoms with Crippen molar-refractivity contribution >= 4 is 16.9 Å². The Morgan fingerprint density at radius 2 is 1.90 bits per heavy atom. The molecule has 4 heterocycles. The van der Waals surface area contributed by atoms with Gasteiger partial charge in [0.1, 0.15) is 6.33 Å². The summed E-state index contributed by atoms with van der Waals surface area (Å²) >= 11 is 0. The van der Waals surface area contributed by atoms with Gasteiger partial charge in [-0.15, -0.1) is 10.2 Å². The van der Waals surface area contributed by atoms with Crippen LogP contribution >= 0.6 is 0 Å². The standard InChI is InChI=1S/C24H24N6O/c31-24(19-5-6-19)29-10-8-16(13-29)14-30-15-27-28-23(30)18-3-1-17(2-4-18)20-11-22-21(26-12-20)7-9-25-22/h1-4,7,9,11-12,15-16,19,25H,5-6,8,10,13-14H2. The Labute approximate surface area is 180 Å². The summed E-state index contributed by atoms with van der Waals surface area (Å²) in [6.45, 7) is 2.57. The first-order valence-corrected chi connectivity index (χ1v) is 10.9.